The Labute approximate surface area is 129 Å². The zero-order chi connectivity index (χ0) is 15.7. The third-order valence-electron chi connectivity index (χ3n) is 3.90. The third kappa shape index (κ3) is 2.74. The summed E-state index contributed by atoms with van der Waals surface area (Å²) in [5.41, 5.74) is 4.28. The van der Waals surface area contributed by atoms with Crippen LogP contribution in [0.4, 0.5) is 0 Å². The van der Waals surface area contributed by atoms with E-state index < -0.39 is 0 Å². The van der Waals surface area contributed by atoms with E-state index >= 15 is 0 Å². The topological polar surface area (TPSA) is 60.1 Å². The first kappa shape index (κ1) is 14.4. The summed E-state index contributed by atoms with van der Waals surface area (Å²) < 4.78 is 7.16. The van der Waals surface area contributed by atoms with Gasteiger partial charge in [0, 0.05) is 0 Å². The third-order valence-corrected chi connectivity index (χ3v) is 3.90. The van der Waals surface area contributed by atoms with Gasteiger partial charge in [0.1, 0.15) is 12.3 Å². The molecule has 1 N–H and O–H groups in total. The van der Waals surface area contributed by atoms with E-state index in [1.807, 2.05) is 29.7 Å². The summed E-state index contributed by atoms with van der Waals surface area (Å²) in [4.78, 5) is 16.6. The van der Waals surface area contributed by atoms with Crippen LogP contribution in [0.1, 0.15) is 29.9 Å². The van der Waals surface area contributed by atoms with Gasteiger partial charge in [0.05, 0.1) is 29.7 Å². The monoisotopic (exact) mass is 297 g/mol. The van der Waals surface area contributed by atoms with Crippen LogP contribution in [-0.4, -0.2) is 15.5 Å². The first-order valence-corrected chi connectivity index (χ1v) is 7.29. The molecule has 0 spiro atoms. The Morgan fingerprint density at radius 1 is 1.36 bits per heavy atom. The molecule has 1 amide bonds. The van der Waals surface area contributed by atoms with Gasteiger partial charge in [-0.3, -0.25) is 4.79 Å². The van der Waals surface area contributed by atoms with Crippen molar-refractivity contribution in [1.29, 1.82) is 0 Å². The number of hydrogen-bond donors (Lipinski definition) is 1. The average Bonchev–Trinajstić information content (AvgIpc) is 3.11. The number of carbonyl (C=O) groups is 1. The Balaban J connectivity index is 1.75. The maximum Gasteiger partial charge on any atom is 0.240 e. The number of benzene rings is 1. The fourth-order valence-corrected chi connectivity index (χ4v) is 2.49. The Bertz CT molecular complexity index is 803. The van der Waals surface area contributed by atoms with E-state index in [4.69, 9.17) is 4.42 Å². The molecule has 2 heterocycles. The number of nitrogens with zero attached hydrogens (tertiary/aromatic N) is 2. The molecule has 0 unspecified atom stereocenters. The van der Waals surface area contributed by atoms with Crippen LogP contribution in [-0.2, 0) is 11.3 Å². The number of aryl methyl sites for hydroxylation is 2. The number of hydrogen-bond acceptors (Lipinski definition) is 3. The van der Waals surface area contributed by atoms with Gasteiger partial charge in [0.2, 0.25) is 5.91 Å². The predicted molar refractivity (Wildman–Crippen MR) is 84.5 cm³/mol. The van der Waals surface area contributed by atoms with Crippen molar-refractivity contribution >= 4 is 16.9 Å². The summed E-state index contributed by atoms with van der Waals surface area (Å²) in [6.45, 7) is 6.26. The normalized spacial score (nSPS) is 12.5. The van der Waals surface area contributed by atoms with E-state index in [2.05, 4.69) is 30.2 Å². The Hall–Kier alpha value is -2.56. The largest absolute Gasteiger partial charge is 0.467 e. The lowest BCUT2D eigenvalue weighted by Gasteiger charge is -2.12. The molecule has 2 aromatic heterocycles. The number of carbonyl (C=O) groups excluding carboxylic acids is 1. The zero-order valence-corrected chi connectivity index (χ0v) is 13.0. The predicted octanol–water partition coefficient (Wildman–Crippen LogP) is 3.12. The maximum atomic E-state index is 12.2. The second-order valence-electron chi connectivity index (χ2n) is 5.60. The highest BCUT2D eigenvalue weighted by Gasteiger charge is 2.13. The molecule has 0 saturated carbocycles. The van der Waals surface area contributed by atoms with Crippen molar-refractivity contribution in [3.63, 3.8) is 0 Å². The average molecular weight is 297 g/mol. The summed E-state index contributed by atoms with van der Waals surface area (Å²) in [5, 5.41) is 2.93. The summed E-state index contributed by atoms with van der Waals surface area (Å²) >= 11 is 0. The SMILES string of the molecule is Cc1cc2ncn(CC(=O)N[C@H](C)c3ccco3)c2cc1C. The molecule has 22 heavy (non-hydrogen) atoms. The van der Waals surface area contributed by atoms with Gasteiger partial charge in [-0.05, 0) is 56.2 Å². The highest BCUT2D eigenvalue weighted by molar-refractivity contribution is 5.81. The van der Waals surface area contributed by atoms with E-state index in [1.165, 1.54) is 11.1 Å². The number of fused-ring (bicyclic) bond motifs is 1. The molecule has 0 aliphatic carbocycles. The molecule has 5 nitrogen and oxygen atoms in total. The van der Waals surface area contributed by atoms with Crippen LogP contribution in [0.3, 0.4) is 0 Å². The minimum Gasteiger partial charge on any atom is -0.467 e. The summed E-state index contributed by atoms with van der Waals surface area (Å²) in [6, 6.07) is 7.63. The number of aromatic nitrogens is 2. The van der Waals surface area contributed by atoms with Crippen LogP contribution in [0.15, 0.2) is 41.3 Å². The zero-order valence-electron chi connectivity index (χ0n) is 13.0. The maximum absolute atomic E-state index is 12.2. The quantitative estimate of drug-likeness (QED) is 0.805. The Morgan fingerprint density at radius 3 is 2.86 bits per heavy atom. The fraction of sp³-hybridized carbons (Fsp3) is 0.294. The molecule has 0 aliphatic rings. The first-order chi connectivity index (χ1) is 10.5. The second-order valence-corrected chi connectivity index (χ2v) is 5.60. The molecular formula is C17H19N3O2. The first-order valence-electron chi connectivity index (χ1n) is 7.29. The van der Waals surface area contributed by atoms with Gasteiger partial charge in [-0.1, -0.05) is 0 Å². The number of imidazole rings is 1. The smallest absolute Gasteiger partial charge is 0.240 e. The van der Waals surface area contributed by atoms with Gasteiger partial charge in [-0.15, -0.1) is 0 Å². The summed E-state index contributed by atoms with van der Waals surface area (Å²) in [5.74, 6) is 0.678. The molecule has 0 fully saturated rings. The second kappa shape index (κ2) is 5.67. The van der Waals surface area contributed by atoms with Gasteiger partial charge in [0.25, 0.3) is 0 Å². The van der Waals surface area contributed by atoms with Crippen LogP contribution in [0, 0.1) is 13.8 Å². The minimum absolute atomic E-state index is 0.0681. The lowest BCUT2D eigenvalue weighted by Crippen LogP contribution is -2.29. The standard InChI is InChI=1S/C17H19N3O2/c1-11-7-14-15(8-12(11)2)20(10-18-14)9-17(21)19-13(3)16-5-4-6-22-16/h4-8,10,13H,9H2,1-3H3,(H,19,21)/t13-/m1/s1. The van der Waals surface area contributed by atoms with Crippen molar-refractivity contribution in [1.82, 2.24) is 14.9 Å². The summed E-state index contributed by atoms with van der Waals surface area (Å²) in [6.07, 6.45) is 3.31. The van der Waals surface area contributed by atoms with Crippen molar-refractivity contribution in [3.05, 3.63) is 53.7 Å². The molecule has 1 aromatic carbocycles. The van der Waals surface area contributed by atoms with Crippen molar-refractivity contribution in [2.45, 2.75) is 33.4 Å². The molecule has 0 saturated heterocycles. The molecule has 3 aromatic rings. The molecular weight excluding hydrogens is 278 g/mol. The van der Waals surface area contributed by atoms with E-state index in [1.54, 1.807) is 12.6 Å². The van der Waals surface area contributed by atoms with Crippen LogP contribution in [0.25, 0.3) is 11.0 Å². The summed E-state index contributed by atoms with van der Waals surface area (Å²) in [7, 11) is 0. The highest BCUT2D eigenvalue weighted by atomic mass is 16.3. The van der Waals surface area contributed by atoms with Crippen LogP contribution in [0.5, 0.6) is 0 Å². The van der Waals surface area contributed by atoms with Gasteiger partial charge >= 0.3 is 0 Å². The minimum atomic E-state index is -0.152. The molecule has 3 rings (SSSR count). The Morgan fingerprint density at radius 2 is 2.14 bits per heavy atom. The van der Waals surface area contributed by atoms with Crippen molar-refractivity contribution in [2.75, 3.05) is 0 Å². The van der Waals surface area contributed by atoms with Gasteiger partial charge in [0.15, 0.2) is 0 Å². The molecule has 5 heteroatoms. The molecule has 1 atom stereocenters. The molecule has 0 aliphatic heterocycles. The molecule has 114 valence electrons. The number of amides is 1. The van der Waals surface area contributed by atoms with Crippen LogP contribution in [0.2, 0.25) is 0 Å². The van der Waals surface area contributed by atoms with Crippen LogP contribution >= 0.6 is 0 Å². The van der Waals surface area contributed by atoms with Crippen molar-refractivity contribution < 1.29 is 9.21 Å². The molecule has 0 bridgehead atoms. The Kier molecular flexibility index (Phi) is 3.71. The fourth-order valence-electron chi connectivity index (χ4n) is 2.49. The van der Waals surface area contributed by atoms with E-state index in [0.717, 1.165) is 16.8 Å². The van der Waals surface area contributed by atoms with Crippen molar-refractivity contribution in [2.24, 2.45) is 0 Å². The molecule has 0 radical (unpaired) electrons. The van der Waals surface area contributed by atoms with Gasteiger partial charge in [-0.25, -0.2) is 4.98 Å². The van der Waals surface area contributed by atoms with Crippen molar-refractivity contribution in [3.8, 4) is 0 Å². The number of furan rings is 1. The van der Waals surface area contributed by atoms with Gasteiger partial charge < -0.3 is 14.3 Å². The van der Waals surface area contributed by atoms with Gasteiger partial charge in [-0.2, -0.15) is 0 Å². The van der Waals surface area contributed by atoms with Crippen LogP contribution < -0.4 is 5.32 Å². The van der Waals surface area contributed by atoms with E-state index in [0.29, 0.717) is 0 Å². The van der Waals surface area contributed by atoms with E-state index in [-0.39, 0.29) is 18.5 Å². The highest BCUT2D eigenvalue weighted by Crippen LogP contribution is 2.18. The lowest BCUT2D eigenvalue weighted by molar-refractivity contribution is -0.122. The van der Waals surface area contributed by atoms with E-state index in [9.17, 15) is 4.79 Å². The number of nitrogens with one attached hydrogen (secondary N) is 1. The number of rotatable bonds is 4. The lowest BCUT2D eigenvalue weighted by atomic mass is 10.1.